The van der Waals surface area contributed by atoms with E-state index in [9.17, 15) is 0 Å². The van der Waals surface area contributed by atoms with Crippen LogP contribution in [0.4, 0.5) is 5.69 Å². The molecule has 2 aliphatic rings. The molecule has 4 nitrogen and oxygen atoms in total. The third-order valence-corrected chi connectivity index (χ3v) is 8.58. The number of rotatable bonds is 7. The molecule has 1 N–H and O–H groups in total. The lowest BCUT2D eigenvalue weighted by Crippen LogP contribution is -2.51. The molecular weight excluding hydrogens is 424 g/mol. The van der Waals surface area contributed by atoms with Crippen molar-refractivity contribution < 1.29 is 0 Å². The van der Waals surface area contributed by atoms with Crippen molar-refractivity contribution in [2.45, 2.75) is 38.8 Å². The summed E-state index contributed by atoms with van der Waals surface area (Å²) >= 11 is 1.89. The highest BCUT2D eigenvalue weighted by Gasteiger charge is 2.21. The number of benzene rings is 2. The number of anilines is 1. The number of piperidine rings is 1. The molecule has 2 aliphatic heterocycles. The van der Waals surface area contributed by atoms with Gasteiger partial charge in [-0.1, -0.05) is 30.3 Å². The molecule has 2 aromatic carbocycles. The first kappa shape index (κ1) is 22.9. The lowest BCUT2D eigenvalue weighted by molar-refractivity contribution is 0.108. The maximum atomic E-state index is 3.85. The molecule has 33 heavy (non-hydrogen) atoms. The van der Waals surface area contributed by atoms with Crippen LogP contribution in [0.1, 0.15) is 26.7 Å². The van der Waals surface area contributed by atoms with Crippen molar-refractivity contribution in [3.05, 3.63) is 54.6 Å². The number of fused-ring (bicyclic) bond motifs is 1. The van der Waals surface area contributed by atoms with E-state index in [1.807, 2.05) is 11.3 Å². The molecule has 5 heteroatoms. The Bertz CT molecular complexity index is 996. The highest BCUT2D eigenvalue weighted by Crippen LogP contribution is 2.35. The number of thiophene rings is 1. The van der Waals surface area contributed by atoms with Crippen molar-refractivity contribution in [2.75, 3.05) is 57.3 Å². The molecule has 0 spiro atoms. The van der Waals surface area contributed by atoms with Gasteiger partial charge in [-0.2, -0.15) is 0 Å². The van der Waals surface area contributed by atoms with Crippen molar-refractivity contribution in [3.8, 4) is 10.4 Å². The average molecular weight is 463 g/mol. The van der Waals surface area contributed by atoms with Gasteiger partial charge in [-0.25, -0.2) is 0 Å². The van der Waals surface area contributed by atoms with E-state index in [0.717, 1.165) is 19.6 Å². The molecule has 0 saturated carbocycles. The lowest BCUT2D eigenvalue weighted by atomic mass is 10.0. The van der Waals surface area contributed by atoms with Gasteiger partial charge in [0.05, 0.1) is 0 Å². The number of nitrogens with one attached hydrogen (secondary N) is 1. The Balaban J connectivity index is 1.09. The predicted octanol–water partition coefficient (Wildman–Crippen LogP) is 5.15. The van der Waals surface area contributed by atoms with E-state index in [1.54, 1.807) is 0 Å². The second-order valence-corrected chi connectivity index (χ2v) is 11.0. The molecule has 176 valence electrons. The second-order valence-electron chi connectivity index (χ2n) is 9.89. The minimum absolute atomic E-state index is 0.656. The lowest BCUT2D eigenvalue weighted by Gasteiger charge is -2.37. The molecule has 2 fully saturated rings. The summed E-state index contributed by atoms with van der Waals surface area (Å²) in [4.78, 5) is 9.15. The van der Waals surface area contributed by atoms with Crippen molar-refractivity contribution in [2.24, 2.45) is 0 Å². The normalized spacial score (nSPS) is 19.1. The third kappa shape index (κ3) is 5.60. The Kier molecular flexibility index (Phi) is 7.31. The Morgan fingerprint density at radius 2 is 1.70 bits per heavy atom. The first-order valence-electron chi connectivity index (χ1n) is 12.7. The molecule has 0 radical (unpaired) electrons. The third-order valence-electron chi connectivity index (χ3n) is 7.41. The van der Waals surface area contributed by atoms with E-state index in [1.165, 1.54) is 71.8 Å². The predicted molar refractivity (Wildman–Crippen MR) is 144 cm³/mol. The zero-order valence-electron chi connectivity index (χ0n) is 20.2. The van der Waals surface area contributed by atoms with Crippen LogP contribution in [-0.4, -0.2) is 74.2 Å². The Labute approximate surface area is 203 Å². The molecule has 0 bridgehead atoms. The summed E-state index contributed by atoms with van der Waals surface area (Å²) in [7, 11) is 0. The maximum absolute atomic E-state index is 3.85. The minimum atomic E-state index is 0.656. The van der Waals surface area contributed by atoms with E-state index in [0.29, 0.717) is 12.1 Å². The number of hydrogen-bond acceptors (Lipinski definition) is 5. The van der Waals surface area contributed by atoms with Crippen molar-refractivity contribution >= 4 is 27.1 Å². The van der Waals surface area contributed by atoms with Gasteiger partial charge in [0, 0.05) is 79.7 Å². The van der Waals surface area contributed by atoms with E-state index >= 15 is 0 Å². The van der Waals surface area contributed by atoms with Gasteiger partial charge in [-0.05, 0) is 61.9 Å². The molecule has 1 aromatic heterocycles. The molecule has 0 aliphatic carbocycles. The van der Waals surface area contributed by atoms with E-state index < -0.39 is 0 Å². The summed E-state index contributed by atoms with van der Waals surface area (Å²) in [6, 6.07) is 21.5. The zero-order chi connectivity index (χ0) is 22.6. The Morgan fingerprint density at radius 3 is 2.45 bits per heavy atom. The number of nitrogens with zero attached hydrogens (tertiary/aromatic N) is 3. The molecule has 2 saturated heterocycles. The standard InChI is InChI=1S/C28H38N4S/c1-22(2)31-18-16-30(17-19-31)15-12-29-25-10-13-32(14-11-25)26-8-5-7-23(20-26)28-21-24-6-3-4-9-27(24)33-28/h3-9,20-22,25,29H,10-19H2,1-2H3. The van der Waals surface area contributed by atoms with Crippen LogP contribution in [0, 0.1) is 0 Å². The Hall–Kier alpha value is -1.92. The summed E-state index contributed by atoms with van der Waals surface area (Å²) in [6.45, 7) is 14.1. The molecule has 5 rings (SSSR count). The topological polar surface area (TPSA) is 21.8 Å². The van der Waals surface area contributed by atoms with Gasteiger partial charge in [-0.3, -0.25) is 9.80 Å². The quantitative estimate of drug-likeness (QED) is 0.524. The summed E-state index contributed by atoms with van der Waals surface area (Å²) in [5.41, 5.74) is 2.71. The summed E-state index contributed by atoms with van der Waals surface area (Å²) in [5.74, 6) is 0. The van der Waals surface area contributed by atoms with Crippen LogP contribution in [0.5, 0.6) is 0 Å². The second kappa shape index (κ2) is 10.6. The summed E-state index contributed by atoms with van der Waals surface area (Å²) in [6.07, 6.45) is 2.46. The molecule has 3 heterocycles. The molecule has 0 unspecified atom stereocenters. The zero-order valence-corrected chi connectivity index (χ0v) is 21.0. The fraction of sp³-hybridized carbons (Fsp3) is 0.500. The summed E-state index contributed by atoms with van der Waals surface area (Å²) < 4.78 is 1.37. The van der Waals surface area contributed by atoms with E-state index in [-0.39, 0.29) is 0 Å². The van der Waals surface area contributed by atoms with E-state index in [4.69, 9.17) is 0 Å². The fourth-order valence-electron chi connectivity index (χ4n) is 5.25. The van der Waals surface area contributed by atoms with Gasteiger partial charge in [0.1, 0.15) is 0 Å². The molecular formula is C28H38N4S. The Morgan fingerprint density at radius 1 is 0.909 bits per heavy atom. The fourth-order valence-corrected chi connectivity index (χ4v) is 6.31. The number of hydrogen-bond donors (Lipinski definition) is 1. The van der Waals surface area contributed by atoms with Gasteiger partial charge < -0.3 is 10.2 Å². The average Bonchev–Trinajstić information content (AvgIpc) is 3.29. The molecule has 0 atom stereocenters. The van der Waals surface area contributed by atoms with Crippen LogP contribution >= 0.6 is 11.3 Å². The van der Waals surface area contributed by atoms with Crippen molar-refractivity contribution in [1.82, 2.24) is 15.1 Å². The van der Waals surface area contributed by atoms with E-state index in [2.05, 4.69) is 88.5 Å². The largest absolute Gasteiger partial charge is 0.371 e. The van der Waals surface area contributed by atoms with Gasteiger partial charge in [0.15, 0.2) is 0 Å². The van der Waals surface area contributed by atoms with Crippen molar-refractivity contribution in [1.29, 1.82) is 0 Å². The van der Waals surface area contributed by atoms with Crippen LogP contribution in [0.15, 0.2) is 54.6 Å². The van der Waals surface area contributed by atoms with Crippen LogP contribution in [0.2, 0.25) is 0 Å². The highest BCUT2D eigenvalue weighted by molar-refractivity contribution is 7.22. The van der Waals surface area contributed by atoms with Gasteiger partial charge in [-0.15, -0.1) is 11.3 Å². The van der Waals surface area contributed by atoms with Gasteiger partial charge in [0.2, 0.25) is 0 Å². The van der Waals surface area contributed by atoms with Crippen LogP contribution in [0.3, 0.4) is 0 Å². The maximum Gasteiger partial charge on any atom is 0.0372 e. The number of piperazine rings is 1. The highest BCUT2D eigenvalue weighted by atomic mass is 32.1. The SMILES string of the molecule is CC(C)N1CCN(CCNC2CCN(c3cccc(-c4cc5ccccc5s4)c3)CC2)CC1. The smallest absolute Gasteiger partial charge is 0.0372 e. The monoisotopic (exact) mass is 462 g/mol. The molecule has 0 amide bonds. The minimum Gasteiger partial charge on any atom is -0.371 e. The first-order chi connectivity index (χ1) is 16.2. The van der Waals surface area contributed by atoms with Gasteiger partial charge >= 0.3 is 0 Å². The molecule has 3 aromatic rings. The summed E-state index contributed by atoms with van der Waals surface area (Å²) in [5, 5.41) is 5.19. The first-order valence-corrected chi connectivity index (χ1v) is 13.5. The van der Waals surface area contributed by atoms with Crippen molar-refractivity contribution in [3.63, 3.8) is 0 Å². The van der Waals surface area contributed by atoms with Gasteiger partial charge in [0.25, 0.3) is 0 Å². The van der Waals surface area contributed by atoms with Crippen LogP contribution < -0.4 is 10.2 Å². The van der Waals surface area contributed by atoms with Crippen LogP contribution in [-0.2, 0) is 0 Å². The van der Waals surface area contributed by atoms with Crippen LogP contribution in [0.25, 0.3) is 20.5 Å².